The van der Waals surface area contributed by atoms with E-state index in [1.54, 1.807) is 17.0 Å². The van der Waals surface area contributed by atoms with Crippen LogP contribution >= 0.6 is 0 Å². The number of esters is 1. The zero-order chi connectivity index (χ0) is 16.4. The summed E-state index contributed by atoms with van der Waals surface area (Å²) >= 11 is 0. The van der Waals surface area contributed by atoms with Gasteiger partial charge in [0, 0.05) is 18.6 Å². The number of furan rings is 1. The number of carbonyl (C=O) groups is 2. The summed E-state index contributed by atoms with van der Waals surface area (Å²) < 4.78 is 10.4. The van der Waals surface area contributed by atoms with Gasteiger partial charge in [-0.25, -0.2) is 0 Å². The second kappa shape index (κ2) is 6.12. The number of hydrogen-bond acceptors (Lipinski definition) is 5. The Morgan fingerprint density at radius 1 is 1.45 bits per heavy atom. The summed E-state index contributed by atoms with van der Waals surface area (Å²) in [5.41, 5.74) is -0.782. The Bertz CT molecular complexity index is 533. The summed E-state index contributed by atoms with van der Waals surface area (Å²) in [6, 6.07) is 3.36. The highest BCUT2D eigenvalue weighted by molar-refractivity contribution is 5.91. The molecule has 1 amide bonds. The van der Waals surface area contributed by atoms with Gasteiger partial charge in [-0.15, -0.1) is 0 Å². The Kier molecular flexibility index (Phi) is 4.60. The van der Waals surface area contributed by atoms with Crippen LogP contribution < -0.4 is 5.32 Å². The lowest BCUT2D eigenvalue weighted by molar-refractivity contribution is -0.154. The van der Waals surface area contributed by atoms with Crippen LogP contribution in [0.3, 0.4) is 0 Å². The van der Waals surface area contributed by atoms with Crippen molar-refractivity contribution in [1.29, 1.82) is 0 Å². The van der Waals surface area contributed by atoms with Gasteiger partial charge in [0.15, 0.2) is 5.76 Å². The molecule has 1 atom stereocenters. The van der Waals surface area contributed by atoms with Crippen LogP contribution in [0.4, 0.5) is 0 Å². The van der Waals surface area contributed by atoms with Gasteiger partial charge in [0.25, 0.3) is 5.91 Å². The summed E-state index contributed by atoms with van der Waals surface area (Å²) in [5.74, 6) is -0.0614. The molecule has 6 heteroatoms. The molecular formula is C16H24N2O4. The zero-order valence-electron chi connectivity index (χ0n) is 13.6. The Hall–Kier alpha value is -1.82. The average molecular weight is 308 g/mol. The van der Waals surface area contributed by atoms with Crippen LogP contribution in [0.2, 0.25) is 0 Å². The largest absolute Gasteiger partial charge is 0.459 e. The first-order valence-corrected chi connectivity index (χ1v) is 7.48. The predicted octanol–water partition coefficient (Wildman–Crippen LogP) is 1.82. The van der Waals surface area contributed by atoms with Crippen LogP contribution in [-0.4, -0.2) is 47.6 Å². The summed E-state index contributed by atoms with van der Waals surface area (Å²) in [6.45, 7) is 8.83. The topological polar surface area (TPSA) is 71.8 Å². The number of carbonyl (C=O) groups excluding carboxylic acids is 2. The molecule has 0 aromatic carbocycles. The Morgan fingerprint density at radius 2 is 2.18 bits per heavy atom. The zero-order valence-corrected chi connectivity index (χ0v) is 13.6. The molecule has 0 aliphatic carbocycles. The van der Waals surface area contributed by atoms with Gasteiger partial charge in [0.2, 0.25) is 0 Å². The summed E-state index contributed by atoms with van der Waals surface area (Å²) in [6.07, 6.45) is 2.27. The minimum absolute atomic E-state index is 0.118. The van der Waals surface area contributed by atoms with Crippen LogP contribution in [0.25, 0.3) is 0 Å². The molecule has 2 rings (SSSR count). The van der Waals surface area contributed by atoms with Crippen molar-refractivity contribution in [1.82, 2.24) is 10.2 Å². The first-order valence-electron chi connectivity index (χ1n) is 7.48. The number of rotatable bonds is 4. The van der Waals surface area contributed by atoms with Gasteiger partial charge in [0.05, 0.1) is 12.8 Å². The molecule has 0 saturated carbocycles. The SMILES string of the molecule is CC(C)(C)OC(=O)CN[C@]1(C)CCN(C(=O)c2ccco2)C1. The highest BCUT2D eigenvalue weighted by Gasteiger charge is 2.37. The van der Waals surface area contributed by atoms with Gasteiger partial charge in [-0.05, 0) is 46.2 Å². The van der Waals surface area contributed by atoms with E-state index in [4.69, 9.17) is 9.15 Å². The second-order valence-electron chi connectivity index (χ2n) is 6.95. The molecule has 1 aromatic rings. The minimum Gasteiger partial charge on any atom is -0.459 e. The van der Waals surface area contributed by atoms with Crippen LogP contribution in [0, 0.1) is 0 Å². The third-order valence-electron chi connectivity index (χ3n) is 3.57. The molecular weight excluding hydrogens is 284 g/mol. The lowest BCUT2D eigenvalue weighted by Gasteiger charge is -2.27. The molecule has 1 aliphatic rings. The van der Waals surface area contributed by atoms with Gasteiger partial charge in [-0.1, -0.05) is 0 Å². The number of ether oxygens (including phenoxy) is 1. The molecule has 1 fully saturated rings. The van der Waals surface area contributed by atoms with E-state index in [1.807, 2.05) is 27.7 Å². The maximum Gasteiger partial charge on any atom is 0.320 e. The average Bonchev–Trinajstić information content (AvgIpc) is 3.04. The lowest BCUT2D eigenvalue weighted by atomic mass is 10.0. The molecule has 22 heavy (non-hydrogen) atoms. The molecule has 0 bridgehead atoms. The molecule has 0 radical (unpaired) electrons. The van der Waals surface area contributed by atoms with Crippen molar-refractivity contribution in [3.8, 4) is 0 Å². The molecule has 6 nitrogen and oxygen atoms in total. The number of nitrogens with zero attached hydrogens (tertiary/aromatic N) is 1. The van der Waals surface area contributed by atoms with E-state index in [0.717, 1.165) is 6.42 Å². The van der Waals surface area contributed by atoms with Gasteiger partial charge < -0.3 is 14.1 Å². The highest BCUT2D eigenvalue weighted by Crippen LogP contribution is 2.22. The molecule has 122 valence electrons. The normalized spacial score (nSPS) is 21.9. The van der Waals surface area contributed by atoms with Crippen LogP contribution in [-0.2, 0) is 9.53 Å². The van der Waals surface area contributed by atoms with Gasteiger partial charge in [-0.3, -0.25) is 14.9 Å². The highest BCUT2D eigenvalue weighted by atomic mass is 16.6. The van der Waals surface area contributed by atoms with E-state index in [-0.39, 0.29) is 24.0 Å². The van der Waals surface area contributed by atoms with E-state index in [0.29, 0.717) is 18.8 Å². The fourth-order valence-corrected chi connectivity index (χ4v) is 2.50. The summed E-state index contributed by atoms with van der Waals surface area (Å²) in [5, 5.41) is 3.21. The number of nitrogens with one attached hydrogen (secondary N) is 1. The number of amides is 1. The molecule has 1 aromatic heterocycles. The van der Waals surface area contributed by atoms with Crippen molar-refractivity contribution in [2.75, 3.05) is 19.6 Å². The maximum atomic E-state index is 12.2. The monoisotopic (exact) mass is 308 g/mol. The van der Waals surface area contributed by atoms with Crippen molar-refractivity contribution in [3.63, 3.8) is 0 Å². The summed E-state index contributed by atoms with van der Waals surface area (Å²) in [4.78, 5) is 25.8. The predicted molar refractivity (Wildman–Crippen MR) is 81.5 cm³/mol. The van der Waals surface area contributed by atoms with Crippen LogP contribution in [0.5, 0.6) is 0 Å². The summed E-state index contributed by atoms with van der Waals surface area (Å²) in [7, 11) is 0. The molecule has 1 saturated heterocycles. The molecule has 0 unspecified atom stereocenters. The molecule has 0 spiro atoms. The van der Waals surface area contributed by atoms with Crippen molar-refractivity contribution < 1.29 is 18.7 Å². The smallest absolute Gasteiger partial charge is 0.320 e. The maximum absolute atomic E-state index is 12.2. The number of likely N-dealkylation sites (tertiary alicyclic amines) is 1. The Morgan fingerprint density at radius 3 is 2.77 bits per heavy atom. The first-order chi connectivity index (χ1) is 10.2. The van der Waals surface area contributed by atoms with E-state index in [1.165, 1.54) is 6.26 Å². The third kappa shape index (κ3) is 4.34. The lowest BCUT2D eigenvalue weighted by Crippen LogP contribution is -2.48. The fraction of sp³-hybridized carbons (Fsp3) is 0.625. The first kappa shape index (κ1) is 16.5. The van der Waals surface area contributed by atoms with Gasteiger partial charge >= 0.3 is 5.97 Å². The standard InChI is InChI=1S/C16H24N2O4/c1-15(2,3)22-13(19)10-17-16(4)7-8-18(11-16)14(20)12-6-5-9-21-12/h5-6,9,17H,7-8,10-11H2,1-4H3/t16-/m1/s1. The molecule has 1 N–H and O–H groups in total. The van der Waals surface area contributed by atoms with Crippen LogP contribution in [0.1, 0.15) is 44.7 Å². The van der Waals surface area contributed by atoms with E-state index >= 15 is 0 Å². The van der Waals surface area contributed by atoms with Crippen molar-refractivity contribution in [2.45, 2.75) is 45.3 Å². The Labute approximate surface area is 130 Å². The van der Waals surface area contributed by atoms with Crippen molar-refractivity contribution >= 4 is 11.9 Å². The third-order valence-corrected chi connectivity index (χ3v) is 3.57. The fourth-order valence-electron chi connectivity index (χ4n) is 2.50. The minimum atomic E-state index is -0.489. The van der Waals surface area contributed by atoms with Crippen molar-refractivity contribution in [3.05, 3.63) is 24.2 Å². The van der Waals surface area contributed by atoms with Gasteiger partial charge in [-0.2, -0.15) is 0 Å². The number of hydrogen-bond donors (Lipinski definition) is 1. The second-order valence-corrected chi connectivity index (χ2v) is 6.95. The van der Waals surface area contributed by atoms with E-state index in [9.17, 15) is 9.59 Å². The van der Waals surface area contributed by atoms with E-state index in [2.05, 4.69) is 5.32 Å². The Balaban J connectivity index is 1.85. The van der Waals surface area contributed by atoms with E-state index < -0.39 is 5.60 Å². The molecule has 1 aliphatic heterocycles. The molecule has 2 heterocycles. The van der Waals surface area contributed by atoms with Gasteiger partial charge in [0.1, 0.15) is 5.60 Å². The van der Waals surface area contributed by atoms with Crippen LogP contribution in [0.15, 0.2) is 22.8 Å². The quantitative estimate of drug-likeness (QED) is 0.859. The van der Waals surface area contributed by atoms with Crippen molar-refractivity contribution in [2.24, 2.45) is 0 Å².